The van der Waals surface area contributed by atoms with Crippen molar-refractivity contribution in [2.24, 2.45) is 0 Å². The van der Waals surface area contributed by atoms with Gasteiger partial charge in [0.1, 0.15) is 11.8 Å². The number of benzene rings is 1. The lowest BCUT2D eigenvalue weighted by Crippen LogP contribution is -2.09. The second-order valence-corrected chi connectivity index (χ2v) is 5.45. The summed E-state index contributed by atoms with van der Waals surface area (Å²) in [5, 5.41) is 17.1. The molecule has 2 aromatic rings. The fourth-order valence-corrected chi connectivity index (χ4v) is 2.44. The summed E-state index contributed by atoms with van der Waals surface area (Å²) in [6.07, 6.45) is 3.13. The first-order valence-corrected chi connectivity index (χ1v) is 7.31. The first-order chi connectivity index (χ1) is 10.3. The molecule has 3 rings (SSSR count). The molecular formula is C16H18N4O. The van der Waals surface area contributed by atoms with Gasteiger partial charge in [-0.15, -0.1) is 5.10 Å². The predicted molar refractivity (Wildman–Crippen MR) is 78.0 cm³/mol. The van der Waals surface area contributed by atoms with E-state index in [0.717, 1.165) is 37.3 Å². The molecule has 1 saturated carbocycles. The van der Waals surface area contributed by atoms with E-state index >= 15 is 0 Å². The molecule has 0 aliphatic heterocycles. The Morgan fingerprint density at radius 1 is 1.43 bits per heavy atom. The van der Waals surface area contributed by atoms with Gasteiger partial charge in [0.15, 0.2) is 5.69 Å². The molecule has 1 aliphatic carbocycles. The Balaban J connectivity index is 1.54. The van der Waals surface area contributed by atoms with Crippen molar-refractivity contribution in [3.8, 4) is 11.8 Å². The van der Waals surface area contributed by atoms with Crippen LogP contribution in [0, 0.1) is 18.3 Å². The first-order valence-electron chi connectivity index (χ1n) is 7.31. The van der Waals surface area contributed by atoms with Gasteiger partial charge in [0, 0.05) is 18.9 Å². The smallest absolute Gasteiger partial charge is 0.186 e. The number of rotatable bonds is 6. The zero-order valence-electron chi connectivity index (χ0n) is 12.1. The molecule has 5 heteroatoms. The largest absolute Gasteiger partial charge is 0.494 e. The standard InChI is InChI=1S/C16H18N4O/c1-12-4-2-5-14(10-12)21-9-3-8-20-16(13-6-7-13)15(11-17)18-19-20/h2,4-5,10,13H,3,6-9H2,1H3. The number of nitrogens with zero attached hydrogens (tertiary/aromatic N) is 4. The van der Waals surface area contributed by atoms with Crippen molar-refractivity contribution < 1.29 is 4.74 Å². The van der Waals surface area contributed by atoms with E-state index in [4.69, 9.17) is 10.00 Å². The lowest BCUT2D eigenvalue weighted by atomic mass is 10.2. The van der Waals surface area contributed by atoms with Crippen molar-refractivity contribution >= 4 is 0 Å². The summed E-state index contributed by atoms with van der Waals surface area (Å²) in [6, 6.07) is 10.2. The number of ether oxygens (including phenoxy) is 1. The van der Waals surface area contributed by atoms with Crippen LogP contribution >= 0.6 is 0 Å². The van der Waals surface area contributed by atoms with Crippen LogP contribution in [0.15, 0.2) is 24.3 Å². The van der Waals surface area contributed by atoms with Gasteiger partial charge in [-0.25, -0.2) is 4.68 Å². The first kappa shape index (κ1) is 13.6. The van der Waals surface area contributed by atoms with Crippen molar-refractivity contribution in [2.75, 3.05) is 6.61 Å². The zero-order valence-corrected chi connectivity index (χ0v) is 12.1. The van der Waals surface area contributed by atoms with Gasteiger partial charge in [-0.2, -0.15) is 5.26 Å². The van der Waals surface area contributed by atoms with Gasteiger partial charge in [0.25, 0.3) is 0 Å². The molecule has 0 unspecified atom stereocenters. The van der Waals surface area contributed by atoms with Crippen LogP contribution in [0.1, 0.15) is 42.1 Å². The van der Waals surface area contributed by atoms with Crippen LogP contribution in [-0.4, -0.2) is 21.6 Å². The number of aryl methyl sites for hydroxylation is 2. The minimum atomic E-state index is 0.479. The van der Waals surface area contributed by atoms with E-state index < -0.39 is 0 Å². The molecule has 1 fully saturated rings. The Bertz CT molecular complexity index is 667. The summed E-state index contributed by atoms with van der Waals surface area (Å²) in [5.41, 5.74) is 2.68. The Labute approximate surface area is 124 Å². The van der Waals surface area contributed by atoms with Crippen LogP contribution in [0.25, 0.3) is 0 Å². The van der Waals surface area contributed by atoms with E-state index in [2.05, 4.69) is 16.4 Å². The molecule has 5 nitrogen and oxygen atoms in total. The molecule has 1 aromatic heterocycles. The highest BCUT2D eigenvalue weighted by molar-refractivity contribution is 5.30. The zero-order chi connectivity index (χ0) is 14.7. The molecule has 0 N–H and O–H groups in total. The maximum absolute atomic E-state index is 9.06. The minimum Gasteiger partial charge on any atom is -0.494 e. The predicted octanol–water partition coefficient (Wildman–Crippen LogP) is 2.80. The highest BCUT2D eigenvalue weighted by Gasteiger charge is 2.31. The van der Waals surface area contributed by atoms with Crippen LogP contribution in [0.4, 0.5) is 0 Å². The quantitative estimate of drug-likeness (QED) is 0.764. The van der Waals surface area contributed by atoms with Crippen molar-refractivity contribution in [1.29, 1.82) is 5.26 Å². The monoisotopic (exact) mass is 282 g/mol. The van der Waals surface area contributed by atoms with Gasteiger partial charge < -0.3 is 4.74 Å². The summed E-state index contributed by atoms with van der Waals surface area (Å²) in [6.45, 7) is 3.43. The number of hydrogen-bond donors (Lipinski definition) is 0. The van der Waals surface area contributed by atoms with E-state index in [1.807, 2.05) is 35.9 Å². The Kier molecular flexibility index (Phi) is 3.87. The molecule has 0 bridgehead atoms. The van der Waals surface area contributed by atoms with Crippen molar-refractivity contribution in [2.45, 2.75) is 38.6 Å². The summed E-state index contributed by atoms with van der Waals surface area (Å²) in [7, 11) is 0. The van der Waals surface area contributed by atoms with Gasteiger partial charge in [-0.3, -0.25) is 0 Å². The third kappa shape index (κ3) is 3.22. The van der Waals surface area contributed by atoms with Crippen LogP contribution in [0.5, 0.6) is 5.75 Å². The molecule has 108 valence electrons. The van der Waals surface area contributed by atoms with E-state index in [1.54, 1.807) is 0 Å². The van der Waals surface area contributed by atoms with Gasteiger partial charge in [0.2, 0.25) is 0 Å². The lowest BCUT2D eigenvalue weighted by Gasteiger charge is -2.08. The van der Waals surface area contributed by atoms with Gasteiger partial charge in [-0.05, 0) is 37.5 Å². The molecular weight excluding hydrogens is 264 g/mol. The summed E-state index contributed by atoms with van der Waals surface area (Å²) >= 11 is 0. The van der Waals surface area contributed by atoms with Crippen molar-refractivity contribution in [1.82, 2.24) is 15.0 Å². The molecule has 0 spiro atoms. The second-order valence-electron chi connectivity index (χ2n) is 5.45. The van der Waals surface area contributed by atoms with Crippen LogP contribution in [0.2, 0.25) is 0 Å². The average Bonchev–Trinajstić information content (AvgIpc) is 3.24. The van der Waals surface area contributed by atoms with Crippen molar-refractivity contribution in [3.63, 3.8) is 0 Å². The molecule has 1 aromatic carbocycles. The van der Waals surface area contributed by atoms with E-state index in [-0.39, 0.29) is 0 Å². The lowest BCUT2D eigenvalue weighted by molar-refractivity contribution is 0.296. The topological polar surface area (TPSA) is 63.7 Å². The molecule has 0 atom stereocenters. The maximum Gasteiger partial charge on any atom is 0.186 e. The fourth-order valence-electron chi connectivity index (χ4n) is 2.44. The van der Waals surface area contributed by atoms with E-state index in [1.165, 1.54) is 5.56 Å². The van der Waals surface area contributed by atoms with Crippen LogP contribution in [-0.2, 0) is 6.54 Å². The molecule has 0 amide bonds. The maximum atomic E-state index is 9.06. The minimum absolute atomic E-state index is 0.479. The number of nitriles is 1. The van der Waals surface area contributed by atoms with Crippen LogP contribution < -0.4 is 4.74 Å². The second kappa shape index (κ2) is 5.96. The van der Waals surface area contributed by atoms with E-state index in [0.29, 0.717) is 18.2 Å². The normalized spacial score (nSPS) is 13.9. The molecule has 21 heavy (non-hydrogen) atoms. The summed E-state index contributed by atoms with van der Waals surface area (Å²) < 4.78 is 7.60. The van der Waals surface area contributed by atoms with Crippen molar-refractivity contribution in [3.05, 3.63) is 41.2 Å². The average molecular weight is 282 g/mol. The highest BCUT2D eigenvalue weighted by atomic mass is 16.5. The molecule has 0 radical (unpaired) electrons. The molecule has 1 aliphatic rings. The van der Waals surface area contributed by atoms with Gasteiger partial charge in [0.05, 0.1) is 12.3 Å². The Morgan fingerprint density at radius 3 is 3.00 bits per heavy atom. The SMILES string of the molecule is Cc1cccc(OCCCn2nnc(C#N)c2C2CC2)c1. The Hall–Kier alpha value is -2.35. The number of aromatic nitrogens is 3. The summed E-state index contributed by atoms with van der Waals surface area (Å²) in [5.74, 6) is 1.38. The van der Waals surface area contributed by atoms with Gasteiger partial charge >= 0.3 is 0 Å². The Morgan fingerprint density at radius 2 is 2.29 bits per heavy atom. The van der Waals surface area contributed by atoms with Crippen LogP contribution in [0.3, 0.4) is 0 Å². The highest BCUT2D eigenvalue weighted by Crippen LogP contribution is 2.40. The van der Waals surface area contributed by atoms with E-state index in [9.17, 15) is 0 Å². The molecule has 0 saturated heterocycles. The third-order valence-corrected chi connectivity index (χ3v) is 3.62. The number of hydrogen-bond acceptors (Lipinski definition) is 4. The summed E-state index contributed by atoms with van der Waals surface area (Å²) in [4.78, 5) is 0. The fraction of sp³-hybridized carbons (Fsp3) is 0.438. The molecule has 1 heterocycles. The van der Waals surface area contributed by atoms with Gasteiger partial charge in [-0.1, -0.05) is 17.3 Å². The third-order valence-electron chi connectivity index (χ3n) is 3.62.